The number of ether oxygens (including phenoxy) is 1. The topological polar surface area (TPSA) is 110 Å². The van der Waals surface area contributed by atoms with Crippen molar-refractivity contribution in [1.29, 1.82) is 0 Å². The summed E-state index contributed by atoms with van der Waals surface area (Å²) in [7, 11) is 1.27. The zero-order chi connectivity index (χ0) is 19.8. The molecule has 0 saturated carbocycles. The number of fused-ring (bicyclic) bond motifs is 1. The summed E-state index contributed by atoms with van der Waals surface area (Å²) in [6.45, 7) is 0.371. The molecule has 1 aromatic rings. The molecule has 1 heterocycles. The van der Waals surface area contributed by atoms with Crippen molar-refractivity contribution in [3.63, 3.8) is 0 Å². The molecule has 7 nitrogen and oxygen atoms in total. The first-order chi connectivity index (χ1) is 13.0. The molecule has 0 bridgehead atoms. The molecule has 1 aromatic carbocycles. The molecule has 3 N–H and O–H groups in total. The number of unbranched alkanes of at least 4 members (excludes halogenated alkanes) is 2. The van der Waals surface area contributed by atoms with Gasteiger partial charge in [-0.05, 0) is 37.0 Å². The van der Waals surface area contributed by atoms with E-state index in [2.05, 4.69) is 16.6 Å². The van der Waals surface area contributed by atoms with E-state index in [1.807, 2.05) is 6.07 Å². The van der Waals surface area contributed by atoms with Gasteiger partial charge < -0.3 is 20.5 Å². The maximum absolute atomic E-state index is 12.8. The van der Waals surface area contributed by atoms with E-state index >= 15 is 0 Å². The van der Waals surface area contributed by atoms with Crippen molar-refractivity contribution in [3.8, 4) is 11.8 Å². The second kappa shape index (κ2) is 9.74. The van der Waals surface area contributed by atoms with Crippen molar-refractivity contribution in [2.75, 3.05) is 13.7 Å². The van der Waals surface area contributed by atoms with Gasteiger partial charge in [0.25, 0.3) is 5.91 Å². The molecule has 0 fully saturated rings. The number of methoxy groups -OCH3 is 1. The Kier molecular flexibility index (Phi) is 7.38. The summed E-state index contributed by atoms with van der Waals surface area (Å²) in [6, 6.07) is 4.41. The summed E-state index contributed by atoms with van der Waals surface area (Å²) in [5.41, 5.74) is 7.48. The zero-order valence-corrected chi connectivity index (χ0v) is 15.4. The molecule has 0 spiro atoms. The standard InChI is InChI=1S/C20H24N2O5/c1-27-18(24)11-10-17(19(21)25)22-13-16-14(7-4-2-3-5-12-23)8-6-9-15(16)20(22)26/h6,8-9,17,23H,2-3,5,10-13H2,1H3,(H2,21,25). The van der Waals surface area contributed by atoms with Crippen LogP contribution in [0.5, 0.6) is 0 Å². The van der Waals surface area contributed by atoms with Crippen molar-refractivity contribution in [1.82, 2.24) is 4.90 Å². The molecule has 0 saturated heterocycles. The number of nitrogens with two attached hydrogens (primary N) is 1. The van der Waals surface area contributed by atoms with Crippen LogP contribution >= 0.6 is 0 Å². The van der Waals surface area contributed by atoms with Gasteiger partial charge in [-0.3, -0.25) is 14.4 Å². The van der Waals surface area contributed by atoms with Crippen LogP contribution in [-0.4, -0.2) is 47.5 Å². The molecule has 0 aliphatic carbocycles. The minimum atomic E-state index is -0.880. The maximum atomic E-state index is 12.8. The van der Waals surface area contributed by atoms with E-state index in [4.69, 9.17) is 10.8 Å². The Morgan fingerprint density at radius 2 is 2.15 bits per heavy atom. The monoisotopic (exact) mass is 372 g/mol. The Balaban J connectivity index is 2.18. The van der Waals surface area contributed by atoms with Gasteiger partial charge in [0.2, 0.25) is 5.91 Å². The van der Waals surface area contributed by atoms with Crippen LogP contribution in [0.4, 0.5) is 0 Å². The third kappa shape index (κ3) is 5.08. The number of nitrogens with zero attached hydrogens (tertiary/aromatic N) is 1. The average molecular weight is 372 g/mol. The number of rotatable bonds is 8. The van der Waals surface area contributed by atoms with E-state index < -0.39 is 17.9 Å². The molecule has 7 heteroatoms. The van der Waals surface area contributed by atoms with Crippen molar-refractivity contribution >= 4 is 17.8 Å². The summed E-state index contributed by atoms with van der Waals surface area (Å²) in [5, 5.41) is 8.80. The Morgan fingerprint density at radius 3 is 2.81 bits per heavy atom. The second-order valence-electron chi connectivity index (χ2n) is 6.28. The molecular weight excluding hydrogens is 348 g/mol. The SMILES string of the molecule is COC(=O)CCC(C(N)=O)N1Cc2c(C#CCCCCO)cccc2C1=O. The van der Waals surface area contributed by atoms with Crippen LogP contribution in [0.2, 0.25) is 0 Å². The van der Waals surface area contributed by atoms with Crippen LogP contribution in [-0.2, 0) is 20.9 Å². The predicted molar refractivity (Wildman–Crippen MR) is 98.4 cm³/mol. The van der Waals surface area contributed by atoms with Gasteiger partial charge in [0.1, 0.15) is 6.04 Å². The lowest BCUT2D eigenvalue weighted by atomic mass is 10.0. The minimum absolute atomic E-state index is 0.00174. The second-order valence-corrected chi connectivity index (χ2v) is 6.28. The number of aliphatic hydroxyl groups excluding tert-OH is 1. The number of hydrogen-bond acceptors (Lipinski definition) is 5. The number of amides is 2. The van der Waals surface area contributed by atoms with Crippen LogP contribution in [0, 0.1) is 11.8 Å². The number of primary amides is 1. The molecule has 2 rings (SSSR count). The van der Waals surface area contributed by atoms with Gasteiger partial charge in [-0.1, -0.05) is 17.9 Å². The smallest absolute Gasteiger partial charge is 0.305 e. The highest BCUT2D eigenvalue weighted by Gasteiger charge is 2.36. The summed E-state index contributed by atoms with van der Waals surface area (Å²) < 4.78 is 4.59. The number of hydrogen-bond donors (Lipinski definition) is 2. The quantitative estimate of drug-likeness (QED) is 0.401. The largest absolute Gasteiger partial charge is 0.469 e. The average Bonchev–Trinajstić information content (AvgIpc) is 2.99. The van der Waals surface area contributed by atoms with E-state index in [1.54, 1.807) is 12.1 Å². The lowest BCUT2D eigenvalue weighted by Gasteiger charge is -2.24. The Morgan fingerprint density at radius 1 is 1.37 bits per heavy atom. The van der Waals surface area contributed by atoms with E-state index in [0.717, 1.165) is 17.5 Å². The lowest BCUT2D eigenvalue weighted by Crippen LogP contribution is -2.45. The molecule has 1 unspecified atom stereocenters. The van der Waals surface area contributed by atoms with Crippen LogP contribution in [0.15, 0.2) is 18.2 Å². The Bertz CT molecular complexity index is 778. The van der Waals surface area contributed by atoms with Gasteiger partial charge in [-0.25, -0.2) is 0 Å². The van der Waals surface area contributed by atoms with Crippen LogP contribution < -0.4 is 5.73 Å². The predicted octanol–water partition coefficient (Wildman–Crippen LogP) is 0.964. The molecule has 27 heavy (non-hydrogen) atoms. The Hall–Kier alpha value is -2.85. The van der Waals surface area contributed by atoms with Crippen LogP contribution in [0.25, 0.3) is 0 Å². The third-order valence-electron chi connectivity index (χ3n) is 4.48. The fourth-order valence-electron chi connectivity index (χ4n) is 3.01. The summed E-state index contributed by atoms with van der Waals surface area (Å²) in [6.07, 6.45) is 2.28. The molecule has 1 aliphatic rings. The summed E-state index contributed by atoms with van der Waals surface area (Å²) in [5.74, 6) is 4.72. The first-order valence-corrected chi connectivity index (χ1v) is 8.88. The molecule has 1 atom stereocenters. The number of aliphatic hydroxyl groups is 1. The van der Waals surface area contributed by atoms with E-state index in [-0.39, 0.29) is 31.9 Å². The third-order valence-corrected chi connectivity index (χ3v) is 4.48. The van der Waals surface area contributed by atoms with Crippen molar-refractivity contribution < 1.29 is 24.2 Å². The lowest BCUT2D eigenvalue weighted by molar-refractivity contribution is -0.141. The van der Waals surface area contributed by atoms with Gasteiger partial charge in [0.15, 0.2) is 0 Å². The highest BCUT2D eigenvalue weighted by molar-refractivity contribution is 6.01. The van der Waals surface area contributed by atoms with Crippen LogP contribution in [0.3, 0.4) is 0 Å². The molecule has 0 aromatic heterocycles. The molecule has 144 valence electrons. The first-order valence-electron chi connectivity index (χ1n) is 8.88. The highest BCUT2D eigenvalue weighted by atomic mass is 16.5. The van der Waals surface area contributed by atoms with Gasteiger partial charge in [-0.15, -0.1) is 0 Å². The minimum Gasteiger partial charge on any atom is -0.469 e. The van der Waals surface area contributed by atoms with Crippen LogP contribution in [0.1, 0.15) is 53.6 Å². The normalized spacial score (nSPS) is 13.6. The zero-order valence-electron chi connectivity index (χ0n) is 15.4. The molecule has 1 aliphatic heterocycles. The molecular formula is C20H24N2O5. The van der Waals surface area contributed by atoms with Crippen molar-refractivity contribution in [2.45, 2.75) is 44.7 Å². The van der Waals surface area contributed by atoms with Crippen molar-refractivity contribution in [3.05, 3.63) is 34.9 Å². The fraction of sp³-hybridized carbons (Fsp3) is 0.450. The number of carbonyl (C=O) groups excluding carboxylic acids is 3. The van der Waals surface area contributed by atoms with Gasteiger partial charge in [0, 0.05) is 37.1 Å². The summed E-state index contributed by atoms with van der Waals surface area (Å²) in [4.78, 5) is 37.4. The number of carbonyl (C=O) groups is 3. The van der Waals surface area contributed by atoms with Gasteiger partial charge >= 0.3 is 5.97 Å². The Labute approximate surface area is 158 Å². The fourth-order valence-corrected chi connectivity index (χ4v) is 3.01. The van der Waals surface area contributed by atoms with Crippen molar-refractivity contribution in [2.24, 2.45) is 5.73 Å². The molecule has 0 radical (unpaired) electrons. The van der Waals surface area contributed by atoms with E-state index in [9.17, 15) is 14.4 Å². The van der Waals surface area contributed by atoms with Gasteiger partial charge in [0.05, 0.1) is 7.11 Å². The maximum Gasteiger partial charge on any atom is 0.305 e. The van der Waals surface area contributed by atoms with E-state index in [1.165, 1.54) is 12.0 Å². The molecule has 2 amide bonds. The number of esters is 1. The highest BCUT2D eigenvalue weighted by Crippen LogP contribution is 2.28. The summed E-state index contributed by atoms with van der Waals surface area (Å²) >= 11 is 0. The van der Waals surface area contributed by atoms with E-state index in [0.29, 0.717) is 18.4 Å². The number of benzene rings is 1. The van der Waals surface area contributed by atoms with Gasteiger partial charge in [-0.2, -0.15) is 0 Å². The first kappa shape index (κ1) is 20.5.